The van der Waals surface area contributed by atoms with Gasteiger partial charge < -0.3 is 10.2 Å². The third-order valence-corrected chi connectivity index (χ3v) is 1.34. The summed E-state index contributed by atoms with van der Waals surface area (Å²) in [5.41, 5.74) is -0.757. The van der Waals surface area contributed by atoms with Crippen LogP contribution in [0.1, 0.15) is 20.8 Å². The second-order valence-electron chi connectivity index (χ2n) is 3.56. The fourth-order valence-corrected chi connectivity index (χ4v) is 0.606. The Balaban J connectivity index is 3.82. The van der Waals surface area contributed by atoms with Gasteiger partial charge in [0.05, 0.1) is 5.60 Å². The van der Waals surface area contributed by atoms with Crippen LogP contribution in [0.3, 0.4) is 0 Å². The van der Waals surface area contributed by atoms with Gasteiger partial charge in [-0.15, -0.1) is 0 Å². The summed E-state index contributed by atoms with van der Waals surface area (Å²) in [5, 5.41) is 17.9. The maximum atomic E-state index is 9.27. The summed E-state index contributed by atoms with van der Waals surface area (Å²) in [6.07, 6.45) is 7.21. The molecule has 0 radical (unpaired) electrons. The molecule has 2 N–H and O–H groups in total. The summed E-state index contributed by atoms with van der Waals surface area (Å²) in [5.74, 6) is 0.177. The maximum absolute atomic E-state index is 9.27. The molecule has 0 saturated carbocycles. The lowest BCUT2D eigenvalue weighted by atomic mass is 10.1. The second-order valence-corrected chi connectivity index (χ2v) is 3.56. The van der Waals surface area contributed by atoms with Crippen LogP contribution < -0.4 is 0 Å². The van der Waals surface area contributed by atoms with Crippen molar-refractivity contribution in [2.75, 3.05) is 6.61 Å². The fraction of sp³-hybridized carbons (Fsp3) is 0.600. The Labute approximate surface area is 74.2 Å². The van der Waals surface area contributed by atoms with Crippen LogP contribution in [0.15, 0.2) is 24.3 Å². The smallest absolute Gasteiger partial charge is 0.0774 e. The van der Waals surface area contributed by atoms with Gasteiger partial charge in [0.2, 0.25) is 0 Å². The van der Waals surface area contributed by atoms with E-state index in [0.717, 1.165) is 0 Å². The Morgan fingerprint density at radius 1 is 1.33 bits per heavy atom. The average molecular weight is 170 g/mol. The predicted octanol–water partition coefficient (Wildman–Crippen LogP) is 1.50. The van der Waals surface area contributed by atoms with Crippen LogP contribution in [0.5, 0.6) is 0 Å². The Morgan fingerprint density at radius 3 is 2.33 bits per heavy atom. The standard InChI is InChI=1S/C10H18O2/c1-9(8-11)6-4-5-7-10(2,3)12/h4-7,9,11-12H,8H2,1-3H3. The molecule has 0 aromatic heterocycles. The van der Waals surface area contributed by atoms with E-state index in [0.29, 0.717) is 0 Å². The van der Waals surface area contributed by atoms with Crippen LogP contribution in [-0.2, 0) is 0 Å². The molecule has 1 atom stereocenters. The van der Waals surface area contributed by atoms with Crippen LogP contribution in [-0.4, -0.2) is 22.4 Å². The van der Waals surface area contributed by atoms with E-state index < -0.39 is 5.60 Å². The number of hydrogen-bond donors (Lipinski definition) is 2. The number of hydrogen-bond acceptors (Lipinski definition) is 2. The molecule has 2 heteroatoms. The van der Waals surface area contributed by atoms with Crippen molar-refractivity contribution < 1.29 is 10.2 Å². The van der Waals surface area contributed by atoms with Gasteiger partial charge in [-0.25, -0.2) is 0 Å². The van der Waals surface area contributed by atoms with E-state index in [1.807, 2.05) is 19.1 Å². The van der Waals surface area contributed by atoms with Gasteiger partial charge in [0, 0.05) is 6.61 Å². The van der Waals surface area contributed by atoms with Gasteiger partial charge >= 0.3 is 0 Å². The maximum Gasteiger partial charge on any atom is 0.0774 e. The number of rotatable bonds is 4. The Morgan fingerprint density at radius 2 is 1.92 bits per heavy atom. The summed E-state index contributed by atoms with van der Waals surface area (Å²) < 4.78 is 0. The summed E-state index contributed by atoms with van der Waals surface area (Å²) >= 11 is 0. The largest absolute Gasteiger partial charge is 0.396 e. The lowest BCUT2D eigenvalue weighted by molar-refractivity contribution is 0.133. The second kappa shape index (κ2) is 5.12. The first-order valence-electron chi connectivity index (χ1n) is 4.15. The van der Waals surface area contributed by atoms with Gasteiger partial charge in [-0.1, -0.05) is 31.2 Å². The van der Waals surface area contributed by atoms with Crippen molar-refractivity contribution in [2.45, 2.75) is 26.4 Å². The molecule has 0 aliphatic heterocycles. The van der Waals surface area contributed by atoms with E-state index in [-0.39, 0.29) is 12.5 Å². The molecule has 0 aliphatic carbocycles. The Kier molecular flexibility index (Phi) is 4.86. The molecule has 0 aromatic carbocycles. The number of aliphatic hydroxyl groups is 2. The normalized spacial score (nSPS) is 16.1. The minimum atomic E-state index is -0.757. The van der Waals surface area contributed by atoms with Crippen molar-refractivity contribution in [2.24, 2.45) is 5.92 Å². The zero-order chi connectivity index (χ0) is 9.61. The minimum absolute atomic E-state index is 0.160. The fourth-order valence-electron chi connectivity index (χ4n) is 0.606. The molecule has 0 bridgehead atoms. The quantitative estimate of drug-likeness (QED) is 0.628. The van der Waals surface area contributed by atoms with Crippen LogP contribution in [0.2, 0.25) is 0 Å². The van der Waals surface area contributed by atoms with Gasteiger partial charge in [-0.05, 0) is 19.8 Å². The van der Waals surface area contributed by atoms with Crippen LogP contribution >= 0.6 is 0 Å². The van der Waals surface area contributed by atoms with Crippen molar-refractivity contribution in [1.29, 1.82) is 0 Å². The summed E-state index contributed by atoms with van der Waals surface area (Å²) in [4.78, 5) is 0. The van der Waals surface area contributed by atoms with E-state index in [1.54, 1.807) is 26.0 Å². The molecule has 0 spiro atoms. The molecule has 0 aliphatic rings. The molecule has 1 unspecified atom stereocenters. The zero-order valence-corrected chi connectivity index (χ0v) is 7.99. The highest BCUT2D eigenvalue weighted by atomic mass is 16.3. The van der Waals surface area contributed by atoms with E-state index >= 15 is 0 Å². The van der Waals surface area contributed by atoms with Crippen LogP contribution in [0, 0.1) is 5.92 Å². The van der Waals surface area contributed by atoms with Crippen molar-refractivity contribution >= 4 is 0 Å². The van der Waals surface area contributed by atoms with Crippen molar-refractivity contribution in [3.8, 4) is 0 Å². The molecular formula is C10H18O2. The average Bonchev–Trinajstić information content (AvgIpc) is 1.96. The molecule has 0 rings (SSSR count). The molecule has 2 nitrogen and oxygen atoms in total. The summed E-state index contributed by atoms with van der Waals surface area (Å²) in [6, 6.07) is 0. The topological polar surface area (TPSA) is 40.5 Å². The van der Waals surface area contributed by atoms with Gasteiger partial charge in [-0.3, -0.25) is 0 Å². The number of allylic oxidation sites excluding steroid dienone is 2. The van der Waals surface area contributed by atoms with Crippen molar-refractivity contribution in [3.63, 3.8) is 0 Å². The van der Waals surface area contributed by atoms with E-state index in [1.165, 1.54) is 0 Å². The molecule has 0 fully saturated rings. The molecular weight excluding hydrogens is 152 g/mol. The summed E-state index contributed by atoms with van der Waals surface area (Å²) in [6.45, 7) is 5.51. The van der Waals surface area contributed by atoms with E-state index in [4.69, 9.17) is 5.11 Å². The van der Waals surface area contributed by atoms with Gasteiger partial charge in [0.1, 0.15) is 0 Å². The molecule has 0 aromatic rings. The lowest BCUT2D eigenvalue weighted by Crippen LogP contribution is -2.13. The third-order valence-electron chi connectivity index (χ3n) is 1.34. The van der Waals surface area contributed by atoms with Crippen molar-refractivity contribution in [3.05, 3.63) is 24.3 Å². The third kappa shape index (κ3) is 7.51. The van der Waals surface area contributed by atoms with Gasteiger partial charge in [0.15, 0.2) is 0 Å². The highest BCUT2D eigenvalue weighted by Gasteiger charge is 2.04. The Hall–Kier alpha value is -0.600. The minimum Gasteiger partial charge on any atom is -0.396 e. The SMILES string of the molecule is CC(C=CC=CC(C)(C)O)CO. The Bertz CT molecular complexity index is 163. The zero-order valence-electron chi connectivity index (χ0n) is 7.99. The number of aliphatic hydroxyl groups excluding tert-OH is 1. The molecule has 12 heavy (non-hydrogen) atoms. The van der Waals surface area contributed by atoms with Crippen LogP contribution in [0.4, 0.5) is 0 Å². The first-order chi connectivity index (χ1) is 5.45. The molecule has 0 amide bonds. The monoisotopic (exact) mass is 170 g/mol. The lowest BCUT2D eigenvalue weighted by Gasteiger charge is -2.08. The molecule has 0 saturated heterocycles. The van der Waals surface area contributed by atoms with E-state index in [9.17, 15) is 5.11 Å². The van der Waals surface area contributed by atoms with Gasteiger partial charge in [-0.2, -0.15) is 0 Å². The predicted molar refractivity (Wildman–Crippen MR) is 50.8 cm³/mol. The van der Waals surface area contributed by atoms with Crippen molar-refractivity contribution in [1.82, 2.24) is 0 Å². The van der Waals surface area contributed by atoms with Crippen LogP contribution in [0.25, 0.3) is 0 Å². The van der Waals surface area contributed by atoms with E-state index in [2.05, 4.69) is 0 Å². The van der Waals surface area contributed by atoms with Gasteiger partial charge in [0.25, 0.3) is 0 Å². The molecule has 70 valence electrons. The summed E-state index contributed by atoms with van der Waals surface area (Å²) in [7, 11) is 0. The highest BCUT2D eigenvalue weighted by molar-refractivity contribution is 5.08. The molecule has 0 heterocycles. The first kappa shape index (κ1) is 11.4. The highest BCUT2D eigenvalue weighted by Crippen LogP contribution is 2.02. The first-order valence-corrected chi connectivity index (χ1v) is 4.15.